The SMILES string of the molecule is COC(=O)C(Br)Cn1ccc2ccccc21. The Hall–Kier alpha value is -1.29. The molecule has 3 nitrogen and oxygen atoms in total. The first kappa shape index (κ1) is 11.2. The van der Waals surface area contributed by atoms with Crippen molar-refractivity contribution < 1.29 is 9.53 Å². The second kappa shape index (κ2) is 4.70. The van der Waals surface area contributed by atoms with Crippen molar-refractivity contribution in [1.82, 2.24) is 4.57 Å². The molecule has 0 aliphatic rings. The Labute approximate surface area is 102 Å². The number of fused-ring (bicyclic) bond motifs is 1. The highest BCUT2D eigenvalue weighted by Crippen LogP contribution is 2.17. The van der Waals surface area contributed by atoms with Gasteiger partial charge < -0.3 is 9.30 Å². The van der Waals surface area contributed by atoms with E-state index in [9.17, 15) is 4.79 Å². The number of carbonyl (C=O) groups is 1. The third-order valence-electron chi connectivity index (χ3n) is 2.49. The van der Waals surface area contributed by atoms with E-state index < -0.39 is 0 Å². The zero-order valence-corrected chi connectivity index (χ0v) is 10.5. The van der Waals surface area contributed by atoms with E-state index in [0.717, 1.165) is 5.52 Å². The van der Waals surface area contributed by atoms with E-state index >= 15 is 0 Å². The van der Waals surface area contributed by atoms with Gasteiger partial charge in [0, 0.05) is 18.3 Å². The molecule has 2 aromatic rings. The molecule has 0 spiro atoms. The van der Waals surface area contributed by atoms with Gasteiger partial charge in [-0.1, -0.05) is 34.1 Å². The molecule has 0 saturated heterocycles. The van der Waals surface area contributed by atoms with Crippen LogP contribution in [0.5, 0.6) is 0 Å². The summed E-state index contributed by atoms with van der Waals surface area (Å²) in [4.78, 5) is 11.0. The van der Waals surface area contributed by atoms with Crippen LogP contribution in [-0.2, 0) is 16.1 Å². The van der Waals surface area contributed by atoms with Gasteiger partial charge in [0.2, 0.25) is 0 Å². The number of halogens is 1. The Kier molecular flexibility index (Phi) is 3.29. The first-order valence-electron chi connectivity index (χ1n) is 4.98. The lowest BCUT2D eigenvalue weighted by Crippen LogP contribution is -2.21. The lowest BCUT2D eigenvalue weighted by atomic mass is 10.2. The fraction of sp³-hybridized carbons (Fsp3) is 0.250. The van der Waals surface area contributed by atoms with Gasteiger partial charge in [-0.25, -0.2) is 0 Å². The highest BCUT2D eigenvalue weighted by Gasteiger charge is 2.16. The van der Waals surface area contributed by atoms with Crippen molar-refractivity contribution >= 4 is 32.8 Å². The number of esters is 1. The van der Waals surface area contributed by atoms with Gasteiger partial charge in [-0.05, 0) is 17.5 Å². The number of methoxy groups -OCH3 is 1. The van der Waals surface area contributed by atoms with E-state index in [-0.39, 0.29) is 10.8 Å². The third kappa shape index (κ3) is 2.11. The largest absolute Gasteiger partial charge is 0.468 e. The van der Waals surface area contributed by atoms with E-state index in [0.29, 0.717) is 6.54 Å². The minimum atomic E-state index is -0.312. The number of rotatable bonds is 3. The number of nitrogens with zero attached hydrogens (tertiary/aromatic N) is 1. The molecule has 1 atom stereocenters. The number of hydrogen-bond donors (Lipinski definition) is 0. The van der Waals surface area contributed by atoms with Gasteiger partial charge in [-0.3, -0.25) is 4.79 Å². The lowest BCUT2D eigenvalue weighted by molar-refractivity contribution is -0.140. The van der Waals surface area contributed by atoms with E-state index in [1.165, 1.54) is 12.5 Å². The summed E-state index contributed by atoms with van der Waals surface area (Å²) < 4.78 is 6.71. The van der Waals surface area contributed by atoms with Gasteiger partial charge in [0.25, 0.3) is 0 Å². The van der Waals surface area contributed by atoms with Crippen LogP contribution in [0.2, 0.25) is 0 Å². The lowest BCUT2D eigenvalue weighted by Gasteiger charge is -2.09. The Balaban J connectivity index is 2.24. The zero-order chi connectivity index (χ0) is 11.5. The number of benzene rings is 1. The summed E-state index contributed by atoms with van der Waals surface area (Å²) in [7, 11) is 1.39. The van der Waals surface area contributed by atoms with E-state index in [1.807, 2.05) is 41.1 Å². The number of carbonyl (C=O) groups excluding carboxylic acids is 1. The molecule has 0 N–H and O–H groups in total. The van der Waals surface area contributed by atoms with E-state index in [2.05, 4.69) is 20.7 Å². The molecule has 1 unspecified atom stereocenters. The van der Waals surface area contributed by atoms with Gasteiger partial charge >= 0.3 is 5.97 Å². The van der Waals surface area contributed by atoms with Crippen molar-refractivity contribution in [3.63, 3.8) is 0 Å². The van der Waals surface area contributed by atoms with Crippen LogP contribution in [0.4, 0.5) is 0 Å². The van der Waals surface area contributed by atoms with Crippen LogP contribution in [0.15, 0.2) is 36.5 Å². The van der Waals surface area contributed by atoms with Crippen LogP contribution in [0.3, 0.4) is 0 Å². The number of aromatic nitrogens is 1. The topological polar surface area (TPSA) is 31.2 Å². The maximum absolute atomic E-state index is 11.3. The smallest absolute Gasteiger partial charge is 0.321 e. The van der Waals surface area contributed by atoms with Crippen LogP contribution in [0.1, 0.15) is 0 Å². The van der Waals surface area contributed by atoms with E-state index in [1.54, 1.807) is 0 Å². The molecule has 0 aliphatic heterocycles. The van der Waals surface area contributed by atoms with Crippen LogP contribution in [0.25, 0.3) is 10.9 Å². The average Bonchev–Trinajstić information content (AvgIpc) is 2.72. The van der Waals surface area contributed by atoms with Crippen molar-refractivity contribution in [2.24, 2.45) is 0 Å². The fourth-order valence-corrected chi connectivity index (χ4v) is 2.17. The summed E-state index contributed by atoms with van der Waals surface area (Å²) >= 11 is 3.32. The monoisotopic (exact) mass is 281 g/mol. The maximum Gasteiger partial charge on any atom is 0.321 e. The Morgan fingerprint density at radius 2 is 2.19 bits per heavy atom. The number of ether oxygens (including phenoxy) is 1. The molecule has 4 heteroatoms. The zero-order valence-electron chi connectivity index (χ0n) is 8.89. The predicted molar refractivity (Wildman–Crippen MR) is 66.7 cm³/mol. The number of para-hydroxylation sites is 1. The molecule has 1 aromatic heterocycles. The van der Waals surface area contributed by atoms with Crippen molar-refractivity contribution in [2.45, 2.75) is 11.4 Å². The minimum Gasteiger partial charge on any atom is -0.468 e. The van der Waals surface area contributed by atoms with Crippen LogP contribution >= 0.6 is 15.9 Å². The third-order valence-corrected chi connectivity index (χ3v) is 3.16. The highest BCUT2D eigenvalue weighted by atomic mass is 79.9. The second-order valence-corrected chi connectivity index (χ2v) is 4.62. The Morgan fingerprint density at radius 1 is 1.44 bits per heavy atom. The van der Waals surface area contributed by atoms with Crippen LogP contribution < -0.4 is 0 Å². The molecule has 0 aliphatic carbocycles. The molecule has 1 heterocycles. The number of alkyl halides is 1. The fourth-order valence-electron chi connectivity index (χ4n) is 1.67. The van der Waals surface area contributed by atoms with Gasteiger partial charge in [0.1, 0.15) is 4.83 Å². The minimum absolute atomic E-state index is 0.252. The molecule has 16 heavy (non-hydrogen) atoms. The van der Waals surface area contributed by atoms with Gasteiger partial charge in [0.05, 0.1) is 7.11 Å². The summed E-state index contributed by atoms with van der Waals surface area (Å²) in [5, 5.41) is 1.17. The quantitative estimate of drug-likeness (QED) is 0.640. The van der Waals surface area contributed by atoms with Gasteiger partial charge in [-0.2, -0.15) is 0 Å². The Bertz CT molecular complexity index is 506. The predicted octanol–water partition coefficient (Wildman–Crippen LogP) is 2.58. The Morgan fingerprint density at radius 3 is 2.94 bits per heavy atom. The molecular weight excluding hydrogens is 270 g/mol. The first-order chi connectivity index (χ1) is 7.72. The van der Waals surface area contributed by atoms with Gasteiger partial charge in [0.15, 0.2) is 0 Å². The highest BCUT2D eigenvalue weighted by molar-refractivity contribution is 9.10. The van der Waals surface area contributed by atoms with Gasteiger partial charge in [-0.15, -0.1) is 0 Å². The molecule has 2 rings (SSSR count). The maximum atomic E-state index is 11.3. The normalized spacial score (nSPS) is 12.6. The molecule has 0 radical (unpaired) electrons. The van der Waals surface area contributed by atoms with E-state index in [4.69, 9.17) is 0 Å². The molecule has 84 valence electrons. The summed E-state index contributed by atoms with van der Waals surface area (Å²) in [5.41, 5.74) is 1.12. The number of hydrogen-bond acceptors (Lipinski definition) is 2. The van der Waals surface area contributed by atoms with Crippen molar-refractivity contribution in [2.75, 3.05) is 7.11 Å². The summed E-state index contributed by atoms with van der Waals surface area (Å²) in [6.45, 7) is 0.570. The average molecular weight is 282 g/mol. The standard InChI is InChI=1S/C12H12BrNO2/c1-16-12(15)10(13)8-14-7-6-9-4-2-3-5-11(9)14/h2-7,10H,8H2,1H3. The molecule has 0 bridgehead atoms. The van der Waals surface area contributed by atoms with Crippen molar-refractivity contribution in [3.05, 3.63) is 36.5 Å². The van der Waals surface area contributed by atoms with Crippen molar-refractivity contribution in [3.8, 4) is 0 Å². The first-order valence-corrected chi connectivity index (χ1v) is 5.89. The molecule has 1 aromatic carbocycles. The molecule has 0 saturated carbocycles. The second-order valence-electron chi connectivity index (χ2n) is 3.52. The summed E-state index contributed by atoms with van der Waals surface area (Å²) in [6, 6.07) is 10.1. The summed E-state index contributed by atoms with van der Waals surface area (Å²) in [6.07, 6.45) is 1.97. The molecule has 0 fully saturated rings. The van der Waals surface area contributed by atoms with Crippen LogP contribution in [0, 0.1) is 0 Å². The molecule has 0 amide bonds. The summed E-state index contributed by atoms with van der Waals surface area (Å²) in [5.74, 6) is -0.252. The molecular formula is C12H12BrNO2. The van der Waals surface area contributed by atoms with Crippen LogP contribution in [-0.4, -0.2) is 22.5 Å². The van der Waals surface area contributed by atoms with Crippen molar-refractivity contribution in [1.29, 1.82) is 0 Å².